The van der Waals surface area contributed by atoms with Gasteiger partial charge in [-0.2, -0.15) is 5.26 Å². The topological polar surface area (TPSA) is 35.8 Å². The van der Waals surface area contributed by atoms with Crippen molar-refractivity contribution in [3.8, 4) is 6.07 Å². The molecular formula is C15H21FN2S. The smallest absolute Gasteiger partial charge is 0.136 e. The maximum atomic E-state index is 13.6. The minimum atomic E-state index is -0.578. The number of halogens is 1. The van der Waals surface area contributed by atoms with Crippen molar-refractivity contribution < 1.29 is 4.39 Å². The lowest BCUT2D eigenvalue weighted by Crippen LogP contribution is -2.46. The summed E-state index contributed by atoms with van der Waals surface area (Å²) >= 11 is 1.47. The number of nitrogens with one attached hydrogen (secondary N) is 1. The van der Waals surface area contributed by atoms with E-state index in [4.69, 9.17) is 0 Å². The molecule has 0 aliphatic carbocycles. The highest BCUT2D eigenvalue weighted by molar-refractivity contribution is 8.00. The molecule has 104 valence electrons. The first-order chi connectivity index (χ1) is 8.86. The van der Waals surface area contributed by atoms with Gasteiger partial charge in [-0.3, -0.25) is 5.32 Å². The van der Waals surface area contributed by atoms with E-state index in [1.807, 2.05) is 33.8 Å². The van der Waals surface area contributed by atoms with E-state index in [1.165, 1.54) is 17.8 Å². The molecule has 2 nitrogen and oxygen atoms in total. The van der Waals surface area contributed by atoms with Crippen LogP contribution in [0.4, 0.5) is 4.39 Å². The highest BCUT2D eigenvalue weighted by Crippen LogP contribution is 2.30. The fourth-order valence-electron chi connectivity index (χ4n) is 2.15. The maximum absolute atomic E-state index is 13.6. The fraction of sp³-hybridized carbons (Fsp3) is 0.533. The van der Waals surface area contributed by atoms with E-state index >= 15 is 0 Å². The quantitative estimate of drug-likeness (QED) is 0.801. The van der Waals surface area contributed by atoms with Crippen LogP contribution in [0.25, 0.3) is 0 Å². The molecular weight excluding hydrogens is 259 g/mol. The number of hydrogen-bond acceptors (Lipinski definition) is 3. The second-order valence-corrected chi connectivity index (χ2v) is 6.79. The van der Waals surface area contributed by atoms with Gasteiger partial charge in [-0.25, -0.2) is 4.39 Å². The van der Waals surface area contributed by atoms with E-state index in [2.05, 4.69) is 11.4 Å². The molecule has 0 aliphatic rings. The highest BCUT2D eigenvalue weighted by Gasteiger charge is 2.27. The van der Waals surface area contributed by atoms with Crippen LogP contribution < -0.4 is 5.32 Å². The van der Waals surface area contributed by atoms with Gasteiger partial charge in [-0.05, 0) is 39.3 Å². The van der Waals surface area contributed by atoms with Crippen molar-refractivity contribution in [1.29, 1.82) is 5.26 Å². The Kier molecular flexibility index (Phi) is 5.84. The molecule has 1 aromatic rings. The first-order valence-corrected chi connectivity index (χ1v) is 7.34. The second kappa shape index (κ2) is 6.93. The summed E-state index contributed by atoms with van der Waals surface area (Å²) in [6, 6.07) is 9.32. The van der Waals surface area contributed by atoms with Crippen LogP contribution >= 0.6 is 11.8 Å². The van der Waals surface area contributed by atoms with Crippen LogP contribution in [0.2, 0.25) is 0 Å². The Bertz CT molecular complexity index is 456. The van der Waals surface area contributed by atoms with Gasteiger partial charge in [0.2, 0.25) is 0 Å². The molecule has 0 saturated heterocycles. The first kappa shape index (κ1) is 16.0. The van der Waals surface area contributed by atoms with Gasteiger partial charge in [0.15, 0.2) is 0 Å². The third-order valence-corrected chi connectivity index (χ3v) is 3.87. The molecule has 4 heteroatoms. The molecule has 2 atom stereocenters. The fourth-order valence-corrected chi connectivity index (χ4v) is 3.34. The van der Waals surface area contributed by atoms with E-state index in [-0.39, 0.29) is 17.1 Å². The highest BCUT2D eigenvalue weighted by atomic mass is 32.2. The largest absolute Gasteiger partial charge is 0.297 e. The lowest BCUT2D eigenvalue weighted by Gasteiger charge is -2.28. The Morgan fingerprint density at radius 3 is 2.53 bits per heavy atom. The van der Waals surface area contributed by atoms with E-state index in [0.29, 0.717) is 11.3 Å². The summed E-state index contributed by atoms with van der Waals surface area (Å²) in [6.07, 6.45) is 0.667. The molecule has 1 N–H and O–H groups in total. The summed E-state index contributed by atoms with van der Waals surface area (Å²) in [5.41, 5.74) is -0.578. The molecule has 0 bridgehead atoms. The Morgan fingerprint density at radius 1 is 1.37 bits per heavy atom. The van der Waals surface area contributed by atoms with Crippen LogP contribution in [0.5, 0.6) is 0 Å². The van der Waals surface area contributed by atoms with Gasteiger partial charge in [0.1, 0.15) is 11.4 Å². The van der Waals surface area contributed by atoms with Crippen LogP contribution in [0, 0.1) is 17.1 Å². The van der Waals surface area contributed by atoms with Gasteiger partial charge in [-0.15, -0.1) is 11.8 Å². The van der Waals surface area contributed by atoms with Crippen molar-refractivity contribution >= 4 is 11.8 Å². The minimum absolute atomic E-state index is 0.160. The first-order valence-electron chi connectivity index (χ1n) is 6.46. The molecule has 0 saturated carbocycles. The Morgan fingerprint density at radius 2 is 2.00 bits per heavy atom. The van der Waals surface area contributed by atoms with Crippen molar-refractivity contribution in [3.05, 3.63) is 30.1 Å². The molecule has 0 fully saturated rings. The average Bonchev–Trinajstić information content (AvgIpc) is 2.31. The van der Waals surface area contributed by atoms with Crippen LogP contribution in [-0.4, -0.2) is 16.8 Å². The third kappa shape index (κ3) is 5.22. The van der Waals surface area contributed by atoms with Crippen molar-refractivity contribution in [2.75, 3.05) is 0 Å². The number of benzene rings is 1. The van der Waals surface area contributed by atoms with Gasteiger partial charge in [0.25, 0.3) is 0 Å². The van der Waals surface area contributed by atoms with Crippen molar-refractivity contribution in [3.63, 3.8) is 0 Å². The SMILES string of the molecule is CC(C)NC(C)(C#N)CC(C)Sc1ccccc1F. The van der Waals surface area contributed by atoms with Gasteiger partial charge in [0, 0.05) is 16.2 Å². The summed E-state index contributed by atoms with van der Waals surface area (Å²) in [5.74, 6) is -0.199. The molecule has 1 aromatic carbocycles. The lowest BCUT2D eigenvalue weighted by atomic mass is 9.97. The van der Waals surface area contributed by atoms with Gasteiger partial charge >= 0.3 is 0 Å². The molecule has 0 amide bonds. The predicted octanol–water partition coefficient (Wildman–Crippen LogP) is 3.98. The second-order valence-electron chi connectivity index (χ2n) is 5.31. The minimum Gasteiger partial charge on any atom is -0.297 e. The molecule has 0 aliphatic heterocycles. The number of rotatable bonds is 6. The number of nitriles is 1. The summed E-state index contributed by atoms with van der Waals surface area (Å²) in [4.78, 5) is 0.639. The molecule has 0 radical (unpaired) electrons. The standard InChI is InChI=1S/C15H21FN2S/c1-11(2)18-15(4,10-17)9-12(3)19-14-8-6-5-7-13(14)16/h5-8,11-12,18H,9H2,1-4H3. The van der Waals surface area contributed by atoms with Crippen molar-refractivity contribution in [1.82, 2.24) is 5.32 Å². The summed E-state index contributed by atoms with van der Waals surface area (Å²) < 4.78 is 13.6. The van der Waals surface area contributed by atoms with Crippen LogP contribution in [-0.2, 0) is 0 Å². The molecule has 0 aromatic heterocycles. The third-order valence-electron chi connectivity index (χ3n) is 2.71. The molecule has 19 heavy (non-hydrogen) atoms. The molecule has 0 spiro atoms. The number of hydrogen-bond donors (Lipinski definition) is 1. The van der Waals surface area contributed by atoms with Crippen LogP contribution in [0.15, 0.2) is 29.2 Å². The Hall–Kier alpha value is -1.05. The summed E-state index contributed by atoms with van der Waals surface area (Å²) in [6.45, 7) is 7.95. The van der Waals surface area contributed by atoms with Crippen LogP contribution in [0.1, 0.15) is 34.1 Å². The number of thioether (sulfide) groups is 1. The van der Waals surface area contributed by atoms with E-state index in [9.17, 15) is 9.65 Å². The van der Waals surface area contributed by atoms with Crippen LogP contribution in [0.3, 0.4) is 0 Å². The van der Waals surface area contributed by atoms with Gasteiger partial charge in [0.05, 0.1) is 6.07 Å². The molecule has 2 unspecified atom stereocenters. The van der Waals surface area contributed by atoms with Gasteiger partial charge in [-0.1, -0.05) is 19.1 Å². The average molecular weight is 280 g/mol. The maximum Gasteiger partial charge on any atom is 0.136 e. The molecule has 1 rings (SSSR count). The summed E-state index contributed by atoms with van der Waals surface area (Å²) in [5, 5.41) is 12.7. The predicted molar refractivity (Wildman–Crippen MR) is 78.6 cm³/mol. The molecule has 0 heterocycles. The zero-order chi connectivity index (χ0) is 14.5. The zero-order valence-electron chi connectivity index (χ0n) is 11.9. The van der Waals surface area contributed by atoms with E-state index in [0.717, 1.165) is 0 Å². The lowest BCUT2D eigenvalue weighted by molar-refractivity contribution is 0.382. The van der Waals surface area contributed by atoms with Crippen molar-refractivity contribution in [2.45, 2.75) is 55.8 Å². The summed E-state index contributed by atoms with van der Waals surface area (Å²) in [7, 11) is 0. The zero-order valence-corrected chi connectivity index (χ0v) is 12.7. The normalized spacial score (nSPS) is 15.8. The van der Waals surface area contributed by atoms with E-state index in [1.54, 1.807) is 12.1 Å². The Labute approximate surface area is 119 Å². The number of nitrogens with zero attached hydrogens (tertiary/aromatic N) is 1. The van der Waals surface area contributed by atoms with Crippen molar-refractivity contribution in [2.24, 2.45) is 0 Å². The van der Waals surface area contributed by atoms with Gasteiger partial charge < -0.3 is 0 Å². The van der Waals surface area contributed by atoms with E-state index < -0.39 is 5.54 Å². The Balaban J connectivity index is 2.67. The monoisotopic (exact) mass is 280 g/mol.